The molecule has 0 radical (unpaired) electrons. The van der Waals surface area contributed by atoms with Gasteiger partial charge in [-0.1, -0.05) is 36.4 Å². The number of benzene rings is 1. The predicted molar refractivity (Wildman–Crippen MR) is 92.9 cm³/mol. The number of rotatable bonds is 5. The first kappa shape index (κ1) is 17.5. The van der Waals surface area contributed by atoms with Crippen molar-refractivity contribution in [3.05, 3.63) is 42.0 Å². The molecule has 1 N–H and O–H groups in total. The number of urea groups is 1. The van der Waals surface area contributed by atoms with Crippen molar-refractivity contribution >= 4 is 21.4 Å². The van der Waals surface area contributed by atoms with Crippen LogP contribution in [-0.2, 0) is 9.84 Å². The summed E-state index contributed by atoms with van der Waals surface area (Å²) in [5, 5.41) is 2.89. The molecule has 0 saturated heterocycles. The molecule has 1 unspecified atom stereocenters. The van der Waals surface area contributed by atoms with Gasteiger partial charge in [-0.3, -0.25) is 0 Å². The molecule has 5 nitrogen and oxygen atoms in total. The molecular weight excluding hydrogens is 312 g/mol. The van der Waals surface area contributed by atoms with Gasteiger partial charge in [-0.25, -0.2) is 13.2 Å². The van der Waals surface area contributed by atoms with Crippen LogP contribution in [-0.4, -0.2) is 50.5 Å². The average molecular weight is 336 g/mol. The third-order valence-electron chi connectivity index (χ3n) is 3.87. The highest BCUT2D eigenvalue weighted by atomic mass is 32.2. The number of nitrogens with zero attached hydrogens (tertiary/aromatic N) is 1. The molecule has 0 spiro atoms. The zero-order chi connectivity index (χ0) is 16.9. The van der Waals surface area contributed by atoms with Crippen LogP contribution in [0.25, 0.3) is 5.57 Å². The number of carbonyl (C=O) groups excluding carboxylic acids is 1. The number of sulfone groups is 1. The average Bonchev–Trinajstić information content (AvgIpc) is 2.53. The van der Waals surface area contributed by atoms with Crippen molar-refractivity contribution in [1.82, 2.24) is 10.2 Å². The molecule has 0 fully saturated rings. The Morgan fingerprint density at radius 1 is 1.30 bits per heavy atom. The van der Waals surface area contributed by atoms with Crippen LogP contribution in [0.4, 0.5) is 4.79 Å². The maximum atomic E-state index is 12.3. The lowest BCUT2D eigenvalue weighted by Crippen LogP contribution is -2.46. The second-order valence-corrected chi connectivity index (χ2v) is 8.33. The van der Waals surface area contributed by atoms with E-state index < -0.39 is 9.84 Å². The first-order valence-corrected chi connectivity index (χ1v) is 9.89. The lowest BCUT2D eigenvalue weighted by Gasteiger charge is -2.29. The zero-order valence-electron chi connectivity index (χ0n) is 13.7. The van der Waals surface area contributed by atoms with Crippen LogP contribution in [0.3, 0.4) is 0 Å². The monoisotopic (exact) mass is 336 g/mol. The van der Waals surface area contributed by atoms with Crippen LogP contribution >= 0.6 is 0 Å². The number of hydrogen-bond donors (Lipinski definition) is 1. The lowest BCUT2D eigenvalue weighted by atomic mass is 10.0. The highest BCUT2D eigenvalue weighted by Gasteiger charge is 2.20. The molecule has 1 aliphatic rings. The summed E-state index contributed by atoms with van der Waals surface area (Å²) in [4.78, 5) is 14.1. The zero-order valence-corrected chi connectivity index (χ0v) is 14.5. The molecule has 0 aliphatic carbocycles. The fourth-order valence-electron chi connectivity index (χ4n) is 2.54. The molecule has 1 atom stereocenters. The van der Waals surface area contributed by atoms with Gasteiger partial charge in [0.15, 0.2) is 0 Å². The van der Waals surface area contributed by atoms with Crippen LogP contribution in [0.15, 0.2) is 36.4 Å². The van der Waals surface area contributed by atoms with Crippen molar-refractivity contribution < 1.29 is 13.2 Å². The van der Waals surface area contributed by atoms with Gasteiger partial charge in [0.25, 0.3) is 0 Å². The maximum Gasteiger partial charge on any atom is 0.317 e. The Labute approximate surface area is 138 Å². The lowest BCUT2D eigenvalue weighted by molar-refractivity contribution is 0.200. The van der Waals surface area contributed by atoms with Crippen LogP contribution in [0.5, 0.6) is 0 Å². The van der Waals surface area contributed by atoms with Crippen LogP contribution in [0.1, 0.15) is 25.3 Å². The first-order chi connectivity index (χ1) is 10.8. The molecule has 23 heavy (non-hydrogen) atoms. The minimum Gasteiger partial charge on any atom is -0.335 e. The minimum atomic E-state index is -3.00. The van der Waals surface area contributed by atoms with Gasteiger partial charge in [0.05, 0.1) is 5.75 Å². The van der Waals surface area contributed by atoms with Gasteiger partial charge >= 0.3 is 6.03 Å². The first-order valence-electron chi connectivity index (χ1n) is 7.83. The van der Waals surface area contributed by atoms with E-state index in [0.29, 0.717) is 19.5 Å². The molecule has 1 aromatic rings. The van der Waals surface area contributed by atoms with Crippen molar-refractivity contribution in [3.63, 3.8) is 0 Å². The topological polar surface area (TPSA) is 66.5 Å². The van der Waals surface area contributed by atoms with Crippen LogP contribution in [0.2, 0.25) is 0 Å². The predicted octanol–water partition coefficient (Wildman–Crippen LogP) is 2.31. The van der Waals surface area contributed by atoms with Crippen molar-refractivity contribution in [2.75, 3.05) is 25.1 Å². The highest BCUT2D eigenvalue weighted by molar-refractivity contribution is 7.90. The van der Waals surface area contributed by atoms with Gasteiger partial charge in [0.1, 0.15) is 9.84 Å². The molecule has 126 valence electrons. The fourth-order valence-corrected chi connectivity index (χ4v) is 3.33. The molecule has 6 heteroatoms. The summed E-state index contributed by atoms with van der Waals surface area (Å²) < 4.78 is 22.4. The second-order valence-electron chi connectivity index (χ2n) is 6.07. The van der Waals surface area contributed by atoms with Crippen molar-refractivity contribution in [2.24, 2.45) is 0 Å². The Bertz CT molecular complexity index is 668. The van der Waals surface area contributed by atoms with E-state index in [-0.39, 0.29) is 17.8 Å². The summed E-state index contributed by atoms with van der Waals surface area (Å²) in [6.07, 6.45) is 4.64. The molecule has 2 rings (SSSR count). The standard InChI is InChI=1S/C17H24N2O3S/c1-14(10-12-23(2,21)22)18-17(20)19-11-6-9-16(13-19)15-7-4-3-5-8-15/h3-5,7-9,14H,6,10-13H2,1-2H3,(H,18,20). The van der Waals surface area contributed by atoms with Crippen molar-refractivity contribution in [2.45, 2.75) is 25.8 Å². The highest BCUT2D eigenvalue weighted by Crippen LogP contribution is 2.20. The summed E-state index contributed by atoms with van der Waals surface area (Å²) in [5.41, 5.74) is 2.28. The van der Waals surface area contributed by atoms with E-state index in [0.717, 1.165) is 17.6 Å². The van der Waals surface area contributed by atoms with Gasteiger partial charge in [-0.2, -0.15) is 0 Å². The van der Waals surface area contributed by atoms with E-state index in [2.05, 4.69) is 11.4 Å². The third kappa shape index (κ3) is 5.71. The van der Waals surface area contributed by atoms with Crippen molar-refractivity contribution in [1.29, 1.82) is 0 Å². The molecule has 1 aliphatic heterocycles. The van der Waals surface area contributed by atoms with E-state index in [4.69, 9.17) is 0 Å². The van der Waals surface area contributed by atoms with Gasteiger partial charge in [-0.05, 0) is 30.9 Å². The number of amides is 2. The van der Waals surface area contributed by atoms with Crippen molar-refractivity contribution in [3.8, 4) is 0 Å². The number of nitrogens with one attached hydrogen (secondary N) is 1. The minimum absolute atomic E-state index is 0.0869. The number of carbonyl (C=O) groups is 1. The van der Waals surface area contributed by atoms with Gasteiger partial charge in [0.2, 0.25) is 0 Å². The summed E-state index contributed by atoms with van der Waals surface area (Å²) in [7, 11) is -3.00. The van der Waals surface area contributed by atoms with E-state index in [1.54, 1.807) is 4.90 Å². The largest absolute Gasteiger partial charge is 0.335 e. The third-order valence-corrected chi connectivity index (χ3v) is 4.85. The van der Waals surface area contributed by atoms with Gasteiger partial charge in [0, 0.05) is 25.4 Å². The van der Waals surface area contributed by atoms with Gasteiger partial charge < -0.3 is 10.2 Å². The Balaban J connectivity index is 1.90. The van der Waals surface area contributed by atoms with E-state index >= 15 is 0 Å². The maximum absolute atomic E-state index is 12.3. The molecular formula is C17H24N2O3S. The fraction of sp³-hybridized carbons (Fsp3) is 0.471. The Hall–Kier alpha value is -1.82. The van der Waals surface area contributed by atoms with Crippen LogP contribution in [0, 0.1) is 0 Å². The SMILES string of the molecule is CC(CCS(C)(=O)=O)NC(=O)N1CCC=C(c2ccccc2)C1. The molecule has 0 bridgehead atoms. The molecule has 0 saturated carbocycles. The Morgan fingerprint density at radius 2 is 2.00 bits per heavy atom. The summed E-state index contributed by atoms with van der Waals surface area (Å²) in [6, 6.07) is 9.74. The second kappa shape index (κ2) is 7.64. The van der Waals surface area contributed by atoms with E-state index in [1.807, 2.05) is 37.3 Å². The molecule has 2 amide bonds. The molecule has 0 aromatic heterocycles. The molecule has 1 heterocycles. The quantitative estimate of drug-likeness (QED) is 0.897. The smallest absolute Gasteiger partial charge is 0.317 e. The summed E-state index contributed by atoms with van der Waals surface area (Å²) in [6.45, 7) is 3.09. The van der Waals surface area contributed by atoms with Crippen LogP contribution < -0.4 is 5.32 Å². The summed E-state index contributed by atoms with van der Waals surface area (Å²) in [5.74, 6) is 0.0869. The molecule has 1 aromatic carbocycles. The van der Waals surface area contributed by atoms with E-state index in [9.17, 15) is 13.2 Å². The number of hydrogen-bond acceptors (Lipinski definition) is 3. The van der Waals surface area contributed by atoms with E-state index in [1.165, 1.54) is 6.26 Å². The Morgan fingerprint density at radius 3 is 2.65 bits per heavy atom. The summed E-state index contributed by atoms with van der Waals surface area (Å²) >= 11 is 0. The Kier molecular flexibility index (Phi) is 5.82. The normalized spacial score (nSPS) is 16.6. The van der Waals surface area contributed by atoms with Gasteiger partial charge in [-0.15, -0.1) is 0 Å².